The molecular formula is C13H17Cl3N2. The van der Waals surface area contributed by atoms with Gasteiger partial charge in [-0.2, -0.15) is 0 Å². The van der Waals surface area contributed by atoms with Crippen molar-refractivity contribution in [2.45, 2.75) is 5.38 Å². The monoisotopic (exact) mass is 306 g/mol. The number of likely N-dealkylation sites (N-methyl/N-ethyl adjacent to an activating group) is 1. The lowest BCUT2D eigenvalue weighted by Gasteiger charge is -2.33. The maximum atomic E-state index is 6.45. The predicted octanol–water partition coefficient (Wildman–Crippen LogP) is 3.52. The summed E-state index contributed by atoms with van der Waals surface area (Å²) in [6.07, 6.45) is 0. The normalized spacial score (nSPS) is 20.0. The number of rotatable bonds is 3. The van der Waals surface area contributed by atoms with Crippen molar-refractivity contribution in [1.82, 2.24) is 9.80 Å². The molecule has 100 valence electrons. The molecule has 1 aliphatic rings. The smallest absolute Gasteiger partial charge is 0.0726 e. The summed E-state index contributed by atoms with van der Waals surface area (Å²) in [5, 5.41) is 1.21. The number of benzene rings is 1. The van der Waals surface area contributed by atoms with Gasteiger partial charge in [-0.3, -0.25) is 4.90 Å². The van der Waals surface area contributed by atoms with Crippen LogP contribution in [-0.4, -0.2) is 49.6 Å². The highest BCUT2D eigenvalue weighted by Gasteiger charge is 2.19. The van der Waals surface area contributed by atoms with E-state index in [9.17, 15) is 0 Å². The number of halogens is 3. The molecule has 1 fully saturated rings. The lowest BCUT2D eigenvalue weighted by Crippen LogP contribution is -2.45. The van der Waals surface area contributed by atoms with E-state index in [0.29, 0.717) is 10.0 Å². The average Bonchev–Trinajstić information content (AvgIpc) is 2.32. The maximum absolute atomic E-state index is 6.45. The second kappa shape index (κ2) is 6.44. The van der Waals surface area contributed by atoms with Crippen LogP contribution in [0.2, 0.25) is 10.0 Å². The molecule has 2 rings (SSSR count). The van der Waals surface area contributed by atoms with E-state index in [2.05, 4.69) is 16.8 Å². The van der Waals surface area contributed by atoms with E-state index in [1.165, 1.54) is 0 Å². The van der Waals surface area contributed by atoms with Gasteiger partial charge in [0.1, 0.15) is 0 Å². The molecule has 0 aromatic heterocycles. The van der Waals surface area contributed by atoms with Gasteiger partial charge in [-0.1, -0.05) is 29.3 Å². The molecule has 0 radical (unpaired) electrons. The number of piperazine rings is 1. The summed E-state index contributed by atoms with van der Waals surface area (Å²) in [7, 11) is 2.14. The summed E-state index contributed by atoms with van der Waals surface area (Å²) >= 11 is 18.5. The van der Waals surface area contributed by atoms with Gasteiger partial charge in [0.25, 0.3) is 0 Å². The quantitative estimate of drug-likeness (QED) is 0.788. The molecule has 5 heteroatoms. The summed E-state index contributed by atoms with van der Waals surface area (Å²) in [6, 6.07) is 5.50. The van der Waals surface area contributed by atoms with Gasteiger partial charge in [0.05, 0.1) is 5.38 Å². The standard InChI is InChI=1S/C13H17Cl3N2/c1-17-4-6-18(7-5-17)9-13(16)11-3-2-10(14)8-12(11)15/h2-3,8,13H,4-7,9H2,1H3. The first kappa shape index (κ1) is 14.4. The molecule has 1 heterocycles. The first-order valence-electron chi connectivity index (χ1n) is 6.06. The lowest BCUT2D eigenvalue weighted by atomic mass is 10.1. The van der Waals surface area contributed by atoms with Gasteiger partial charge in [0.2, 0.25) is 0 Å². The molecule has 0 amide bonds. The highest BCUT2D eigenvalue weighted by atomic mass is 35.5. The Labute approximate surface area is 123 Å². The summed E-state index contributed by atoms with van der Waals surface area (Å²) < 4.78 is 0. The molecule has 0 N–H and O–H groups in total. The fourth-order valence-electron chi connectivity index (χ4n) is 2.11. The van der Waals surface area contributed by atoms with E-state index < -0.39 is 0 Å². The van der Waals surface area contributed by atoms with Crippen LogP contribution in [0, 0.1) is 0 Å². The van der Waals surface area contributed by atoms with Crippen LogP contribution in [0.3, 0.4) is 0 Å². The highest BCUT2D eigenvalue weighted by Crippen LogP contribution is 2.30. The molecule has 1 aromatic carbocycles. The molecule has 0 spiro atoms. The Morgan fingerprint density at radius 1 is 1.17 bits per heavy atom. The van der Waals surface area contributed by atoms with Crippen molar-refractivity contribution in [1.29, 1.82) is 0 Å². The van der Waals surface area contributed by atoms with Crippen LogP contribution in [0.4, 0.5) is 0 Å². The van der Waals surface area contributed by atoms with E-state index in [4.69, 9.17) is 34.8 Å². The summed E-state index contributed by atoms with van der Waals surface area (Å²) in [5.41, 5.74) is 0.960. The zero-order valence-corrected chi connectivity index (χ0v) is 12.6. The molecule has 1 atom stereocenters. The van der Waals surface area contributed by atoms with Crippen LogP contribution < -0.4 is 0 Å². The van der Waals surface area contributed by atoms with Gasteiger partial charge >= 0.3 is 0 Å². The Balaban J connectivity index is 1.97. The first-order chi connectivity index (χ1) is 8.56. The van der Waals surface area contributed by atoms with Crippen molar-refractivity contribution in [2.75, 3.05) is 39.8 Å². The van der Waals surface area contributed by atoms with Crippen molar-refractivity contribution in [3.8, 4) is 0 Å². The van der Waals surface area contributed by atoms with Crippen LogP contribution in [0.5, 0.6) is 0 Å². The number of hydrogen-bond acceptors (Lipinski definition) is 2. The third-order valence-corrected chi connectivity index (χ3v) is 4.25. The predicted molar refractivity (Wildman–Crippen MR) is 79.0 cm³/mol. The van der Waals surface area contributed by atoms with Gasteiger partial charge in [-0.05, 0) is 24.7 Å². The minimum atomic E-state index is -0.0850. The summed E-state index contributed by atoms with van der Waals surface area (Å²) in [5.74, 6) is 0. The molecule has 0 saturated carbocycles. The number of alkyl halides is 1. The van der Waals surface area contributed by atoms with Crippen LogP contribution in [0.15, 0.2) is 18.2 Å². The van der Waals surface area contributed by atoms with Crippen LogP contribution in [0.25, 0.3) is 0 Å². The van der Waals surface area contributed by atoms with Gasteiger partial charge in [0, 0.05) is 42.8 Å². The Morgan fingerprint density at radius 3 is 2.44 bits per heavy atom. The number of hydrogen-bond donors (Lipinski definition) is 0. The second-order valence-electron chi connectivity index (χ2n) is 4.74. The Kier molecular flexibility index (Phi) is 5.16. The first-order valence-corrected chi connectivity index (χ1v) is 7.25. The fourth-order valence-corrected chi connectivity index (χ4v) is 3.09. The molecule has 18 heavy (non-hydrogen) atoms. The molecule has 0 aliphatic carbocycles. The van der Waals surface area contributed by atoms with E-state index in [1.54, 1.807) is 6.07 Å². The lowest BCUT2D eigenvalue weighted by molar-refractivity contribution is 0.154. The Hall–Kier alpha value is 0.01000. The van der Waals surface area contributed by atoms with Crippen molar-refractivity contribution in [3.05, 3.63) is 33.8 Å². The zero-order chi connectivity index (χ0) is 13.1. The topological polar surface area (TPSA) is 6.48 Å². The van der Waals surface area contributed by atoms with Crippen molar-refractivity contribution in [3.63, 3.8) is 0 Å². The molecule has 1 aliphatic heterocycles. The molecule has 2 nitrogen and oxygen atoms in total. The van der Waals surface area contributed by atoms with Gasteiger partial charge in [-0.25, -0.2) is 0 Å². The Morgan fingerprint density at radius 2 is 1.83 bits per heavy atom. The van der Waals surface area contributed by atoms with E-state index in [1.807, 2.05) is 12.1 Å². The number of nitrogens with zero attached hydrogens (tertiary/aromatic N) is 2. The molecule has 1 unspecified atom stereocenters. The Bertz CT molecular complexity index is 403. The molecule has 1 aromatic rings. The summed E-state index contributed by atoms with van der Waals surface area (Å²) in [6.45, 7) is 5.14. The maximum Gasteiger partial charge on any atom is 0.0726 e. The average molecular weight is 308 g/mol. The summed E-state index contributed by atoms with van der Waals surface area (Å²) in [4.78, 5) is 4.71. The minimum absolute atomic E-state index is 0.0850. The van der Waals surface area contributed by atoms with Gasteiger partial charge in [-0.15, -0.1) is 11.6 Å². The third kappa shape index (κ3) is 3.75. The largest absolute Gasteiger partial charge is 0.304 e. The minimum Gasteiger partial charge on any atom is -0.304 e. The van der Waals surface area contributed by atoms with E-state index in [-0.39, 0.29) is 5.38 Å². The van der Waals surface area contributed by atoms with Crippen molar-refractivity contribution >= 4 is 34.8 Å². The second-order valence-corrected chi connectivity index (χ2v) is 6.11. The SMILES string of the molecule is CN1CCN(CC(Cl)c2ccc(Cl)cc2Cl)CC1. The van der Waals surface area contributed by atoms with Gasteiger partial charge < -0.3 is 4.90 Å². The van der Waals surface area contributed by atoms with E-state index in [0.717, 1.165) is 38.3 Å². The van der Waals surface area contributed by atoms with Crippen LogP contribution in [0.1, 0.15) is 10.9 Å². The zero-order valence-electron chi connectivity index (χ0n) is 10.4. The van der Waals surface area contributed by atoms with E-state index >= 15 is 0 Å². The molecular weight excluding hydrogens is 291 g/mol. The van der Waals surface area contributed by atoms with Crippen molar-refractivity contribution in [2.24, 2.45) is 0 Å². The third-order valence-electron chi connectivity index (χ3n) is 3.31. The van der Waals surface area contributed by atoms with Gasteiger partial charge in [0.15, 0.2) is 0 Å². The van der Waals surface area contributed by atoms with Crippen LogP contribution >= 0.6 is 34.8 Å². The fraction of sp³-hybridized carbons (Fsp3) is 0.538. The molecule has 1 saturated heterocycles. The highest BCUT2D eigenvalue weighted by molar-refractivity contribution is 6.35. The van der Waals surface area contributed by atoms with Crippen LogP contribution in [-0.2, 0) is 0 Å². The molecule has 0 bridgehead atoms. The van der Waals surface area contributed by atoms with Crippen molar-refractivity contribution < 1.29 is 0 Å².